The van der Waals surface area contributed by atoms with Gasteiger partial charge in [0.05, 0.1) is 17.0 Å². The number of nitrogens with zero attached hydrogens (tertiary/aromatic N) is 1. The summed E-state index contributed by atoms with van der Waals surface area (Å²) in [5.74, 6) is -0.845. The summed E-state index contributed by atoms with van der Waals surface area (Å²) in [6.45, 7) is -2.96. The van der Waals surface area contributed by atoms with Crippen molar-refractivity contribution in [1.82, 2.24) is 9.88 Å². The Hall–Kier alpha value is -3.79. The van der Waals surface area contributed by atoms with Crippen LogP contribution >= 0.6 is 0 Å². The highest BCUT2D eigenvalue weighted by atomic mass is 32.2. The van der Waals surface area contributed by atoms with Gasteiger partial charge in [0, 0.05) is 34.4 Å². The minimum Gasteiger partial charge on any atom is -0.435 e. The molecule has 3 aromatic carbocycles. The van der Waals surface area contributed by atoms with Crippen molar-refractivity contribution in [2.45, 2.75) is 19.1 Å². The van der Waals surface area contributed by atoms with Crippen LogP contribution in [0.5, 0.6) is 5.75 Å². The predicted molar refractivity (Wildman–Crippen MR) is 130 cm³/mol. The molecular weight excluding hydrogens is 493 g/mol. The molecular formula is C26H21F3N2O4S. The van der Waals surface area contributed by atoms with Gasteiger partial charge in [0.2, 0.25) is 0 Å². The molecule has 0 unspecified atom stereocenters. The number of hydrogen-bond donors (Lipinski definition) is 1. The normalized spacial score (nSPS) is 16.9. The van der Waals surface area contributed by atoms with Crippen molar-refractivity contribution in [1.29, 1.82) is 0 Å². The van der Waals surface area contributed by atoms with Gasteiger partial charge in [-0.1, -0.05) is 18.2 Å². The summed E-state index contributed by atoms with van der Waals surface area (Å²) < 4.78 is 68.9. The molecule has 4 aromatic rings. The van der Waals surface area contributed by atoms with Crippen LogP contribution in [0.1, 0.15) is 16.8 Å². The van der Waals surface area contributed by atoms with Crippen LogP contribution in [0.15, 0.2) is 72.9 Å². The third kappa shape index (κ3) is 4.94. The SMILES string of the molecule is O=C(N[C@H]1CCS(=O)(=O)C1)c1ccc2c(-c3cccc(OC(F)F)c3)cn(-c3ccc(F)cc3)c2c1. The summed E-state index contributed by atoms with van der Waals surface area (Å²) >= 11 is 0. The lowest BCUT2D eigenvalue weighted by Gasteiger charge is -2.12. The molecule has 1 saturated heterocycles. The lowest BCUT2D eigenvalue weighted by atomic mass is 10.0. The Bertz CT molecular complexity index is 1550. The molecule has 1 aromatic heterocycles. The second-order valence-corrected chi connectivity index (χ2v) is 10.8. The molecule has 2 heterocycles. The van der Waals surface area contributed by atoms with Crippen LogP contribution in [-0.4, -0.2) is 43.1 Å². The number of rotatable bonds is 6. The third-order valence-electron chi connectivity index (χ3n) is 6.11. The first-order valence-corrected chi connectivity index (χ1v) is 13.0. The molecule has 1 amide bonds. The molecule has 1 aliphatic rings. The Morgan fingerprint density at radius 2 is 1.83 bits per heavy atom. The topological polar surface area (TPSA) is 77.4 Å². The molecule has 36 heavy (non-hydrogen) atoms. The number of aromatic nitrogens is 1. The third-order valence-corrected chi connectivity index (χ3v) is 7.88. The Morgan fingerprint density at radius 3 is 2.53 bits per heavy atom. The number of benzene rings is 3. The average molecular weight is 515 g/mol. The number of amides is 1. The zero-order valence-electron chi connectivity index (χ0n) is 18.8. The summed E-state index contributed by atoms with van der Waals surface area (Å²) in [6.07, 6.45) is 2.15. The molecule has 186 valence electrons. The quantitative estimate of drug-likeness (QED) is 0.395. The molecule has 0 spiro atoms. The summed E-state index contributed by atoms with van der Waals surface area (Å²) in [4.78, 5) is 12.9. The number of ether oxygens (including phenoxy) is 1. The predicted octanol–water partition coefficient (Wildman–Crippen LogP) is 4.95. The molecule has 5 rings (SSSR count). The van der Waals surface area contributed by atoms with Gasteiger partial charge in [-0.15, -0.1) is 0 Å². The van der Waals surface area contributed by atoms with Crippen molar-refractivity contribution in [3.63, 3.8) is 0 Å². The van der Waals surface area contributed by atoms with E-state index < -0.39 is 34.2 Å². The minimum absolute atomic E-state index is 0.00713. The Labute approximate surface area is 205 Å². The fourth-order valence-corrected chi connectivity index (χ4v) is 6.10. The van der Waals surface area contributed by atoms with Gasteiger partial charge in [0.1, 0.15) is 11.6 Å². The number of nitrogens with one attached hydrogen (secondary N) is 1. The van der Waals surface area contributed by atoms with E-state index in [4.69, 9.17) is 0 Å². The fourth-order valence-electron chi connectivity index (χ4n) is 4.43. The van der Waals surface area contributed by atoms with Crippen molar-refractivity contribution >= 4 is 26.6 Å². The first-order chi connectivity index (χ1) is 17.2. The van der Waals surface area contributed by atoms with E-state index in [0.717, 1.165) is 5.39 Å². The maximum Gasteiger partial charge on any atom is 0.387 e. The van der Waals surface area contributed by atoms with Crippen molar-refractivity contribution < 1.29 is 31.1 Å². The molecule has 6 nitrogen and oxygen atoms in total. The number of carbonyl (C=O) groups excluding carboxylic acids is 1. The number of fused-ring (bicyclic) bond motifs is 1. The van der Waals surface area contributed by atoms with E-state index in [-0.39, 0.29) is 17.3 Å². The van der Waals surface area contributed by atoms with E-state index >= 15 is 0 Å². The number of carbonyl (C=O) groups is 1. The van der Waals surface area contributed by atoms with Gasteiger partial charge in [-0.3, -0.25) is 4.79 Å². The van der Waals surface area contributed by atoms with Crippen molar-refractivity contribution in [3.05, 3.63) is 84.3 Å². The monoisotopic (exact) mass is 514 g/mol. The van der Waals surface area contributed by atoms with E-state index in [9.17, 15) is 26.4 Å². The smallest absolute Gasteiger partial charge is 0.387 e. The van der Waals surface area contributed by atoms with Crippen LogP contribution in [0.25, 0.3) is 27.7 Å². The highest BCUT2D eigenvalue weighted by molar-refractivity contribution is 7.91. The van der Waals surface area contributed by atoms with E-state index in [1.807, 2.05) is 0 Å². The number of hydrogen-bond acceptors (Lipinski definition) is 4. The van der Waals surface area contributed by atoms with Gasteiger partial charge in [0.15, 0.2) is 9.84 Å². The van der Waals surface area contributed by atoms with Crippen molar-refractivity contribution in [2.24, 2.45) is 0 Å². The largest absolute Gasteiger partial charge is 0.435 e. The Balaban J connectivity index is 1.58. The molecule has 10 heteroatoms. The first kappa shape index (κ1) is 23.9. The van der Waals surface area contributed by atoms with Crippen LogP contribution in [0.4, 0.5) is 13.2 Å². The second-order valence-electron chi connectivity index (χ2n) is 8.60. The maximum atomic E-state index is 13.6. The number of alkyl halides is 2. The van der Waals surface area contributed by atoms with Gasteiger partial charge in [-0.05, 0) is 60.5 Å². The summed E-state index contributed by atoms with van der Waals surface area (Å²) in [5.41, 5.74) is 2.90. The zero-order chi connectivity index (χ0) is 25.4. The number of halogens is 3. The van der Waals surface area contributed by atoms with Crippen LogP contribution in [0.3, 0.4) is 0 Å². The first-order valence-electron chi connectivity index (χ1n) is 11.2. The summed E-state index contributed by atoms with van der Waals surface area (Å²) in [5, 5.41) is 3.51. The van der Waals surface area contributed by atoms with Crippen LogP contribution < -0.4 is 10.1 Å². The number of sulfone groups is 1. The standard InChI is InChI=1S/C26H21F3N2O4S/c27-18-5-7-20(8-6-18)31-14-23(16-2-1-3-21(12-16)35-26(28)29)22-9-4-17(13-24(22)31)25(32)30-19-10-11-36(33,34)15-19/h1-9,12-14,19,26H,10-11,15H2,(H,30,32)/t19-/m0/s1. The average Bonchev–Trinajstić information content (AvgIpc) is 3.38. The van der Waals surface area contributed by atoms with E-state index in [2.05, 4.69) is 10.1 Å². The van der Waals surface area contributed by atoms with Crippen LogP contribution in [-0.2, 0) is 9.84 Å². The van der Waals surface area contributed by atoms with Gasteiger partial charge in [-0.25, -0.2) is 12.8 Å². The molecule has 1 fully saturated rings. The van der Waals surface area contributed by atoms with Gasteiger partial charge in [-0.2, -0.15) is 8.78 Å². The lowest BCUT2D eigenvalue weighted by Crippen LogP contribution is -2.35. The molecule has 0 aliphatic carbocycles. The lowest BCUT2D eigenvalue weighted by molar-refractivity contribution is -0.0498. The van der Waals surface area contributed by atoms with E-state index in [0.29, 0.717) is 34.3 Å². The van der Waals surface area contributed by atoms with Crippen LogP contribution in [0, 0.1) is 5.82 Å². The molecule has 0 saturated carbocycles. The van der Waals surface area contributed by atoms with E-state index in [1.165, 1.54) is 24.3 Å². The Morgan fingerprint density at radius 1 is 1.06 bits per heavy atom. The molecule has 1 atom stereocenters. The molecule has 1 N–H and O–H groups in total. The minimum atomic E-state index is -3.15. The highest BCUT2D eigenvalue weighted by Crippen LogP contribution is 2.35. The zero-order valence-corrected chi connectivity index (χ0v) is 19.6. The summed E-state index contributed by atoms with van der Waals surface area (Å²) in [6, 6.07) is 16.7. The Kier molecular flexibility index (Phi) is 6.21. The van der Waals surface area contributed by atoms with Crippen molar-refractivity contribution in [3.8, 4) is 22.6 Å². The van der Waals surface area contributed by atoms with Gasteiger partial charge >= 0.3 is 6.61 Å². The van der Waals surface area contributed by atoms with Gasteiger partial charge < -0.3 is 14.6 Å². The van der Waals surface area contributed by atoms with Crippen molar-refractivity contribution in [2.75, 3.05) is 11.5 Å². The highest BCUT2D eigenvalue weighted by Gasteiger charge is 2.29. The fraction of sp³-hybridized carbons (Fsp3) is 0.192. The van der Waals surface area contributed by atoms with Crippen LogP contribution in [0.2, 0.25) is 0 Å². The molecule has 0 radical (unpaired) electrons. The van der Waals surface area contributed by atoms with E-state index in [1.54, 1.807) is 53.2 Å². The maximum absolute atomic E-state index is 13.6. The molecule has 0 bridgehead atoms. The van der Waals surface area contributed by atoms with Gasteiger partial charge in [0.25, 0.3) is 5.91 Å². The molecule has 1 aliphatic heterocycles. The second kappa shape index (κ2) is 9.34. The summed E-state index contributed by atoms with van der Waals surface area (Å²) in [7, 11) is -3.15.